The summed E-state index contributed by atoms with van der Waals surface area (Å²) in [5, 5.41) is 4.04. The highest BCUT2D eigenvalue weighted by Crippen LogP contribution is 2.39. The molecule has 5 nitrogen and oxygen atoms in total. The molecule has 1 aromatic heterocycles. The zero-order valence-corrected chi connectivity index (χ0v) is 12.7. The molecule has 4 rings (SSSR count). The van der Waals surface area contributed by atoms with Crippen LogP contribution in [-0.4, -0.2) is 34.0 Å². The number of rotatable bonds is 4. The predicted molar refractivity (Wildman–Crippen MR) is 80.4 cm³/mol. The predicted octanol–water partition coefficient (Wildman–Crippen LogP) is 2.79. The Morgan fingerprint density at radius 2 is 2.22 bits per heavy atom. The molecule has 1 aromatic carbocycles. The van der Waals surface area contributed by atoms with Gasteiger partial charge in [0.1, 0.15) is 5.82 Å². The first-order chi connectivity index (χ1) is 11.2. The van der Waals surface area contributed by atoms with Gasteiger partial charge < -0.3 is 9.42 Å². The number of carbonyl (C=O) groups is 1. The van der Waals surface area contributed by atoms with Crippen molar-refractivity contribution < 1.29 is 13.7 Å². The molecule has 1 unspecified atom stereocenters. The molecule has 6 heteroatoms. The molecule has 2 aliphatic rings. The summed E-state index contributed by atoms with van der Waals surface area (Å²) in [6.07, 6.45) is 3.92. The molecule has 0 N–H and O–H groups in total. The van der Waals surface area contributed by atoms with Gasteiger partial charge in [-0.2, -0.15) is 4.98 Å². The maximum Gasteiger partial charge on any atom is 0.253 e. The fourth-order valence-electron chi connectivity index (χ4n) is 3.09. The molecular weight excluding hydrogens is 297 g/mol. The van der Waals surface area contributed by atoms with Crippen LogP contribution >= 0.6 is 0 Å². The Balaban J connectivity index is 1.37. The molecule has 1 saturated heterocycles. The number of amides is 1. The van der Waals surface area contributed by atoms with E-state index in [2.05, 4.69) is 10.1 Å². The number of benzene rings is 1. The van der Waals surface area contributed by atoms with Gasteiger partial charge >= 0.3 is 0 Å². The first-order valence-corrected chi connectivity index (χ1v) is 8.06. The van der Waals surface area contributed by atoms with Crippen LogP contribution in [0.15, 0.2) is 28.8 Å². The van der Waals surface area contributed by atoms with E-state index in [-0.39, 0.29) is 11.7 Å². The van der Waals surface area contributed by atoms with Crippen molar-refractivity contribution in [3.05, 3.63) is 47.4 Å². The van der Waals surface area contributed by atoms with E-state index in [1.165, 1.54) is 12.1 Å². The number of hydrogen-bond acceptors (Lipinski definition) is 4. The van der Waals surface area contributed by atoms with E-state index in [0.29, 0.717) is 30.5 Å². The lowest BCUT2D eigenvalue weighted by Gasteiger charge is -2.16. The van der Waals surface area contributed by atoms with E-state index >= 15 is 0 Å². The normalized spacial score (nSPS) is 20.9. The lowest BCUT2D eigenvalue weighted by molar-refractivity contribution is 0.0786. The van der Waals surface area contributed by atoms with E-state index in [0.717, 1.165) is 37.4 Å². The molecule has 2 fully saturated rings. The van der Waals surface area contributed by atoms with E-state index in [9.17, 15) is 9.18 Å². The van der Waals surface area contributed by atoms with Crippen LogP contribution < -0.4 is 0 Å². The van der Waals surface area contributed by atoms with Gasteiger partial charge in [-0.3, -0.25) is 4.79 Å². The molecule has 23 heavy (non-hydrogen) atoms. The Hall–Kier alpha value is -2.24. The first kappa shape index (κ1) is 14.4. The summed E-state index contributed by atoms with van der Waals surface area (Å²) in [5.74, 6) is 1.79. The maximum absolute atomic E-state index is 13.3. The van der Waals surface area contributed by atoms with E-state index in [4.69, 9.17) is 4.52 Å². The Labute approximate surface area is 133 Å². The molecule has 0 bridgehead atoms. The Morgan fingerprint density at radius 1 is 1.35 bits per heavy atom. The summed E-state index contributed by atoms with van der Waals surface area (Å²) in [4.78, 5) is 18.6. The number of carbonyl (C=O) groups excluding carboxylic acids is 1. The second-order valence-electron chi connectivity index (χ2n) is 6.44. The summed E-state index contributed by atoms with van der Waals surface area (Å²) < 4.78 is 18.5. The van der Waals surface area contributed by atoms with Crippen molar-refractivity contribution >= 4 is 5.91 Å². The van der Waals surface area contributed by atoms with Crippen LogP contribution in [-0.2, 0) is 6.42 Å². The number of halogens is 1. The van der Waals surface area contributed by atoms with E-state index in [1.807, 2.05) is 0 Å². The van der Waals surface area contributed by atoms with Gasteiger partial charge in [0.05, 0.1) is 0 Å². The van der Waals surface area contributed by atoms with Crippen LogP contribution in [0.1, 0.15) is 47.3 Å². The van der Waals surface area contributed by atoms with Crippen LogP contribution in [0.2, 0.25) is 0 Å². The molecule has 120 valence electrons. The highest BCUT2D eigenvalue weighted by molar-refractivity contribution is 5.94. The zero-order chi connectivity index (χ0) is 15.8. The summed E-state index contributed by atoms with van der Waals surface area (Å²) in [6.45, 7) is 1.34. The molecule has 1 aliphatic heterocycles. The molecule has 2 aromatic rings. The Bertz CT molecular complexity index is 726. The third-order valence-corrected chi connectivity index (χ3v) is 4.53. The average Bonchev–Trinajstić information content (AvgIpc) is 3.12. The van der Waals surface area contributed by atoms with Gasteiger partial charge in [-0.1, -0.05) is 11.2 Å². The second-order valence-corrected chi connectivity index (χ2v) is 6.44. The summed E-state index contributed by atoms with van der Waals surface area (Å²) in [6, 6.07) is 5.85. The number of likely N-dealkylation sites (tertiary alicyclic amines) is 1. The molecular formula is C17H18FN3O2. The Kier molecular flexibility index (Phi) is 3.59. The monoisotopic (exact) mass is 315 g/mol. The molecule has 0 radical (unpaired) electrons. The summed E-state index contributed by atoms with van der Waals surface area (Å²) in [5.41, 5.74) is 0.404. The third-order valence-electron chi connectivity index (χ3n) is 4.53. The third kappa shape index (κ3) is 3.11. The second kappa shape index (κ2) is 5.76. The van der Waals surface area contributed by atoms with E-state index in [1.54, 1.807) is 17.0 Å². The quantitative estimate of drug-likeness (QED) is 0.870. The highest BCUT2D eigenvalue weighted by atomic mass is 19.1. The van der Waals surface area contributed by atoms with Gasteiger partial charge in [-0.05, 0) is 43.4 Å². The van der Waals surface area contributed by atoms with Crippen LogP contribution in [0.3, 0.4) is 0 Å². The molecule has 1 aliphatic carbocycles. The van der Waals surface area contributed by atoms with Crippen LogP contribution in [0, 0.1) is 11.7 Å². The van der Waals surface area contributed by atoms with Crippen molar-refractivity contribution in [3.8, 4) is 0 Å². The highest BCUT2D eigenvalue weighted by Gasteiger charge is 2.31. The van der Waals surface area contributed by atoms with Crippen molar-refractivity contribution in [2.24, 2.45) is 5.92 Å². The lowest BCUT2D eigenvalue weighted by atomic mass is 10.0. The first-order valence-electron chi connectivity index (χ1n) is 8.06. The smallest absolute Gasteiger partial charge is 0.253 e. The fourth-order valence-corrected chi connectivity index (χ4v) is 3.09. The summed E-state index contributed by atoms with van der Waals surface area (Å²) in [7, 11) is 0. The summed E-state index contributed by atoms with van der Waals surface area (Å²) >= 11 is 0. The van der Waals surface area contributed by atoms with E-state index < -0.39 is 0 Å². The van der Waals surface area contributed by atoms with Crippen molar-refractivity contribution in [2.75, 3.05) is 13.1 Å². The molecule has 1 atom stereocenters. The molecule has 0 spiro atoms. The van der Waals surface area contributed by atoms with Crippen LogP contribution in [0.4, 0.5) is 4.39 Å². The van der Waals surface area contributed by atoms with Crippen molar-refractivity contribution in [1.82, 2.24) is 15.0 Å². The minimum atomic E-state index is -0.383. The lowest BCUT2D eigenvalue weighted by Crippen LogP contribution is -2.29. The fraction of sp³-hybridized carbons (Fsp3) is 0.471. The number of nitrogens with zero attached hydrogens (tertiary/aromatic N) is 3. The van der Waals surface area contributed by atoms with Gasteiger partial charge in [-0.25, -0.2) is 4.39 Å². The topological polar surface area (TPSA) is 59.2 Å². The SMILES string of the molecule is O=C(c1cccc(F)c1)N1CCC(Cc2noc(C3CC3)n2)C1. The average molecular weight is 315 g/mol. The van der Waals surface area contributed by atoms with Crippen LogP contribution in [0.25, 0.3) is 0 Å². The largest absolute Gasteiger partial charge is 0.339 e. The minimum Gasteiger partial charge on any atom is -0.339 e. The van der Waals surface area contributed by atoms with Gasteiger partial charge in [-0.15, -0.1) is 0 Å². The number of hydrogen-bond donors (Lipinski definition) is 0. The molecule has 2 heterocycles. The zero-order valence-electron chi connectivity index (χ0n) is 12.7. The van der Waals surface area contributed by atoms with Gasteiger partial charge in [0, 0.05) is 31.0 Å². The van der Waals surface area contributed by atoms with Crippen molar-refractivity contribution in [2.45, 2.75) is 31.6 Å². The van der Waals surface area contributed by atoms with Gasteiger partial charge in [0.25, 0.3) is 5.91 Å². The van der Waals surface area contributed by atoms with Crippen molar-refractivity contribution in [3.63, 3.8) is 0 Å². The Morgan fingerprint density at radius 3 is 3.00 bits per heavy atom. The standard InChI is InChI=1S/C17H18FN3O2/c18-14-3-1-2-13(9-14)17(22)21-7-6-11(10-21)8-15-19-16(23-20-15)12-4-5-12/h1-3,9,11-12H,4-8,10H2. The minimum absolute atomic E-state index is 0.112. The van der Waals surface area contributed by atoms with Gasteiger partial charge in [0.15, 0.2) is 5.82 Å². The van der Waals surface area contributed by atoms with Crippen molar-refractivity contribution in [1.29, 1.82) is 0 Å². The molecule has 1 amide bonds. The molecule has 1 saturated carbocycles. The van der Waals surface area contributed by atoms with Gasteiger partial charge in [0.2, 0.25) is 5.89 Å². The maximum atomic E-state index is 13.3. The van der Waals surface area contributed by atoms with Crippen LogP contribution in [0.5, 0.6) is 0 Å². The number of aromatic nitrogens is 2.